The monoisotopic (exact) mass is 211 g/mol. The third kappa shape index (κ3) is 2.10. The van der Waals surface area contributed by atoms with Crippen molar-refractivity contribution in [3.63, 3.8) is 0 Å². The zero-order chi connectivity index (χ0) is 9.26. The summed E-state index contributed by atoms with van der Waals surface area (Å²) in [5.74, 6) is 0. The quantitative estimate of drug-likeness (QED) is 0.691. The van der Waals surface area contributed by atoms with Gasteiger partial charge in [-0.3, -0.25) is 4.90 Å². The smallest absolute Gasteiger partial charge is 0.0239 e. The van der Waals surface area contributed by atoms with Gasteiger partial charge in [0.1, 0.15) is 0 Å². The molecule has 1 aromatic rings. The first-order valence-electron chi connectivity index (χ1n) is 5.12. The Labute approximate surface area is 92.5 Å². The topological polar surface area (TPSA) is 3.24 Å². The van der Waals surface area contributed by atoms with E-state index in [0.29, 0.717) is 6.04 Å². The van der Waals surface area contributed by atoms with Crippen LogP contribution in [0.15, 0.2) is 24.3 Å². The Kier molecular flexibility index (Phi) is 3.97. The van der Waals surface area contributed by atoms with Crippen LogP contribution in [0.4, 0.5) is 0 Å². The first kappa shape index (κ1) is 11.5. The van der Waals surface area contributed by atoms with Crippen molar-refractivity contribution in [2.45, 2.75) is 32.9 Å². The number of nitrogens with zero attached hydrogens (tertiary/aromatic N) is 1. The Morgan fingerprint density at radius 3 is 2.57 bits per heavy atom. The van der Waals surface area contributed by atoms with Crippen LogP contribution in [-0.2, 0) is 13.0 Å². The second kappa shape index (κ2) is 4.81. The molecule has 2 rings (SSSR count). The summed E-state index contributed by atoms with van der Waals surface area (Å²) in [6, 6.07) is 9.51. The lowest BCUT2D eigenvalue weighted by molar-refractivity contribution is 0.195. The fraction of sp³-hybridized carbons (Fsp3) is 0.500. The minimum Gasteiger partial charge on any atom is -0.296 e. The average Bonchev–Trinajstić information content (AvgIpc) is 2.17. The van der Waals surface area contributed by atoms with Crippen molar-refractivity contribution in [1.82, 2.24) is 4.90 Å². The van der Waals surface area contributed by atoms with Gasteiger partial charge in [0.25, 0.3) is 0 Å². The predicted molar refractivity (Wildman–Crippen MR) is 62.9 cm³/mol. The standard InChI is InChI=1S/C12H17N.ClH/c1-3-13-9-12-7-5-4-6-11(12)8-10(13)2;/h4-7,10H,3,8-9H2,1-2H3;1H. The lowest BCUT2D eigenvalue weighted by atomic mass is 9.95. The molecule has 0 aromatic heterocycles. The number of hydrogen-bond donors (Lipinski definition) is 0. The number of rotatable bonds is 1. The molecule has 0 saturated carbocycles. The van der Waals surface area contributed by atoms with Gasteiger partial charge in [0, 0.05) is 12.6 Å². The van der Waals surface area contributed by atoms with E-state index in [1.54, 1.807) is 5.56 Å². The molecule has 1 aromatic carbocycles. The van der Waals surface area contributed by atoms with Crippen molar-refractivity contribution in [2.24, 2.45) is 0 Å². The Morgan fingerprint density at radius 2 is 1.93 bits per heavy atom. The summed E-state index contributed by atoms with van der Waals surface area (Å²) in [6.45, 7) is 6.85. The first-order chi connectivity index (χ1) is 6.31. The second-order valence-corrected chi connectivity index (χ2v) is 3.88. The van der Waals surface area contributed by atoms with Gasteiger partial charge < -0.3 is 0 Å². The molecule has 1 heterocycles. The molecule has 14 heavy (non-hydrogen) atoms. The average molecular weight is 212 g/mol. The fourth-order valence-electron chi connectivity index (χ4n) is 2.16. The zero-order valence-electron chi connectivity index (χ0n) is 8.86. The summed E-state index contributed by atoms with van der Waals surface area (Å²) in [6.07, 6.45) is 1.21. The normalized spacial score (nSPS) is 21.1. The van der Waals surface area contributed by atoms with Crippen LogP contribution in [0.25, 0.3) is 0 Å². The van der Waals surface area contributed by atoms with Crippen molar-refractivity contribution in [3.8, 4) is 0 Å². The van der Waals surface area contributed by atoms with Crippen LogP contribution >= 0.6 is 12.4 Å². The molecule has 1 unspecified atom stereocenters. The van der Waals surface area contributed by atoms with Gasteiger partial charge in [0.15, 0.2) is 0 Å². The highest BCUT2D eigenvalue weighted by Crippen LogP contribution is 2.22. The third-order valence-corrected chi connectivity index (χ3v) is 3.04. The lowest BCUT2D eigenvalue weighted by Crippen LogP contribution is -2.37. The summed E-state index contributed by atoms with van der Waals surface area (Å²) in [4.78, 5) is 2.53. The molecule has 0 radical (unpaired) electrons. The Bertz CT molecular complexity index is 298. The molecule has 0 spiro atoms. The predicted octanol–water partition coefficient (Wildman–Crippen LogP) is 2.87. The van der Waals surface area contributed by atoms with Crippen LogP contribution < -0.4 is 0 Å². The highest BCUT2D eigenvalue weighted by molar-refractivity contribution is 5.85. The highest BCUT2D eigenvalue weighted by atomic mass is 35.5. The van der Waals surface area contributed by atoms with Crippen LogP contribution in [0.1, 0.15) is 25.0 Å². The molecule has 0 aliphatic carbocycles. The van der Waals surface area contributed by atoms with Gasteiger partial charge in [-0.15, -0.1) is 12.4 Å². The first-order valence-corrected chi connectivity index (χ1v) is 5.12. The van der Waals surface area contributed by atoms with Gasteiger partial charge >= 0.3 is 0 Å². The molecular formula is C12H18ClN. The van der Waals surface area contributed by atoms with E-state index >= 15 is 0 Å². The minimum absolute atomic E-state index is 0. The number of fused-ring (bicyclic) bond motifs is 1. The maximum atomic E-state index is 2.53. The number of benzene rings is 1. The molecule has 0 N–H and O–H groups in total. The van der Waals surface area contributed by atoms with E-state index < -0.39 is 0 Å². The Balaban J connectivity index is 0.000000980. The Morgan fingerprint density at radius 1 is 1.29 bits per heavy atom. The van der Waals surface area contributed by atoms with Crippen molar-refractivity contribution >= 4 is 12.4 Å². The van der Waals surface area contributed by atoms with Crippen molar-refractivity contribution < 1.29 is 0 Å². The molecule has 1 aliphatic rings. The van der Waals surface area contributed by atoms with E-state index in [4.69, 9.17) is 0 Å². The van der Waals surface area contributed by atoms with Crippen molar-refractivity contribution in [3.05, 3.63) is 35.4 Å². The maximum absolute atomic E-state index is 2.53. The summed E-state index contributed by atoms with van der Waals surface area (Å²) in [7, 11) is 0. The molecule has 2 heteroatoms. The highest BCUT2D eigenvalue weighted by Gasteiger charge is 2.20. The van der Waals surface area contributed by atoms with Gasteiger partial charge in [-0.05, 0) is 31.0 Å². The molecule has 0 bridgehead atoms. The number of hydrogen-bond acceptors (Lipinski definition) is 1. The molecule has 1 aliphatic heterocycles. The number of halogens is 1. The van der Waals surface area contributed by atoms with E-state index in [9.17, 15) is 0 Å². The summed E-state index contributed by atoms with van der Waals surface area (Å²) < 4.78 is 0. The maximum Gasteiger partial charge on any atom is 0.0239 e. The molecule has 1 atom stereocenters. The summed E-state index contributed by atoms with van der Waals surface area (Å²) >= 11 is 0. The third-order valence-electron chi connectivity index (χ3n) is 3.04. The van der Waals surface area contributed by atoms with E-state index in [1.165, 1.54) is 12.0 Å². The van der Waals surface area contributed by atoms with Gasteiger partial charge in [-0.1, -0.05) is 31.2 Å². The molecule has 0 fully saturated rings. The van der Waals surface area contributed by atoms with E-state index in [-0.39, 0.29) is 12.4 Å². The van der Waals surface area contributed by atoms with E-state index in [2.05, 4.69) is 43.0 Å². The van der Waals surface area contributed by atoms with Crippen LogP contribution in [0.5, 0.6) is 0 Å². The molecule has 78 valence electrons. The molecule has 0 amide bonds. The lowest BCUT2D eigenvalue weighted by Gasteiger charge is -2.33. The number of likely N-dealkylation sites (N-methyl/N-ethyl adjacent to an activating group) is 1. The summed E-state index contributed by atoms with van der Waals surface area (Å²) in [5.41, 5.74) is 3.06. The van der Waals surface area contributed by atoms with Gasteiger partial charge in [-0.2, -0.15) is 0 Å². The zero-order valence-corrected chi connectivity index (χ0v) is 9.68. The van der Waals surface area contributed by atoms with E-state index in [1.807, 2.05) is 0 Å². The van der Waals surface area contributed by atoms with Gasteiger partial charge in [-0.25, -0.2) is 0 Å². The van der Waals surface area contributed by atoms with E-state index in [0.717, 1.165) is 13.1 Å². The van der Waals surface area contributed by atoms with Crippen molar-refractivity contribution in [1.29, 1.82) is 0 Å². The Hall–Kier alpha value is -0.530. The molecular weight excluding hydrogens is 194 g/mol. The van der Waals surface area contributed by atoms with Crippen LogP contribution in [0.2, 0.25) is 0 Å². The van der Waals surface area contributed by atoms with Crippen molar-refractivity contribution in [2.75, 3.05) is 6.54 Å². The van der Waals surface area contributed by atoms with Gasteiger partial charge in [0.2, 0.25) is 0 Å². The second-order valence-electron chi connectivity index (χ2n) is 3.88. The SMILES string of the molecule is CCN1Cc2ccccc2CC1C.Cl. The summed E-state index contributed by atoms with van der Waals surface area (Å²) in [5, 5.41) is 0. The molecule has 0 saturated heterocycles. The largest absolute Gasteiger partial charge is 0.296 e. The minimum atomic E-state index is 0. The van der Waals surface area contributed by atoms with Gasteiger partial charge in [0.05, 0.1) is 0 Å². The van der Waals surface area contributed by atoms with Crippen LogP contribution in [-0.4, -0.2) is 17.5 Å². The fourth-order valence-corrected chi connectivity index (χ4v) is 2.16. The van der Waals surface area contributed by atoms with Crippen LogP contribution in [0.3, 0.4) is 0 Å². The molecule has 1 nitrogen and oxygen atoms in total. The van der Waals surface area contributed by atoms with Crippen LogP contribution in [0, 0.1) is 0 Å².